The molecule has 172 valence electrons. The number of aliphatic imine (C=N–C) groups is 1. The largest absolute Gasteiger partial charge is 0.497 e. The van der Waals surface area contributed by atoms with Crippen LogP contribution in [0.15, 0.2) is 47.5 Å². The molecule has 0 aliphatic carbocycles. The molecule has 0 spiro atoms. The first kappa shape index (κ1) is 22.3. The van der Waals surface area contributed by atoms with Crippen LogP contribution in [-0.2, 0) is 6.42 Å². The summed E-state index contributed by atoms with van der Waals surface area (Å²) in [5, 5.41) is 6.97. The van der Waals surface area contributed by atoms with Gasteiger partial charge in [0.25, 0.3) is 0 Å². The molecule has 1 fully saturated rings. The molecule has 2 aliphatic rings. The molecule has 0 radical (unpaired) electrons. The van der Waals surface area contributed by atoms with Crippen LogP contribution in [0, 0.1) is 0 Å². The van der Waals surface area contributed by atoms with Crippen LogP contribution in [0.5, 0.6) is 17.2 Å². The number of fused-ring (bicyclic) bond motifs is 1. The van der Waals surface area contributed by atoms with E-state index in [0.29, 0.717) is 19.3 Å². The molecule has 2 aromatic rings. The van der Waals surface area contributed by atoms with Gasteiger partial charge in [-0.05, 0) is 67.7 Å². The minimum Gasteiger partial charge on any atom is -0.497 e. The third-order valence-corrected chi connectivity index (χ3v) is 6.08. The number of hydrogen-bond acceptors (Lipinski definition) is 5. The van der Waals surface area contributed by atoms with Crippen molar-refractivity contribution in [3.63, 3.8) is 0 Å². The van der Waals surface area contributed by atoms with Crippen LogP contribution in [0.2, 0.25) is 0 Å². The molecule has 32 heavy (non-hydrogen) atoms. The van der Waals surface area contributed by atoms with E-state index in [1.807, 2.05) is 25.2 Å². The van der Waals surface area contributed by atoms with E-state index in [2.05, 4.69) is 44.8 Å². The van der Waals surface area contributed by atoms with Gasteiger partial charge >= 0.3 is 0 Å². The third-order valence-electron chi connectivity index (χ3n) is 6.08. The summed E-state index contributed by atoms with van der Waals surface area (Å²) in [4.78, 5) is 6.97. The van der Waals surface area contributed by atoms with Gasteiger partial charge in [-0.25, -0.2) is 0 Å². The van der Waals surface area contributed by atoms with Crippen LogP contribution in [0.25, 0.3) is 0 Å². The quantitative estimate of drug-likeness (QED) is 0.488. The predicted molar refractivity (Wildman–Crippen MR) is 127 cm³/mol. The number of rotatable bonds is 8. The lowest BCUT2D eigenvalue weighted by Crippen LogP contribution is -2.43. The Morgan fingerprint density at radius 1 is 1.03 bits per heavy atom. The minimum atomic E-state index is 0.305. The summed E-state index contributed by atoms with van der Waals surface area (Å²) >= 11 is 0. The van der Waals surface area contributed by atoms with E-state index in [4.69, 9.17) is 14.2 Å². The number of benzene rings is 2. The lowest BCUT2D eigenvalue weighted by molar-refractivity contribution is 0.171. The van der Waals surface area contributed by atoms with Crippen LogP contribution >= 0.6 is 0 Å². The molecular formula is C25H34N4O3. The van der Waals surface area contributed by atoms with Crippen LogP contribution in [-0.4, -0.2) is 64.4 Å². The fourth-order valence-electron chi connectivity index (χ4n) is 4.32. The zero-order chi connectivity index (χ0) is 22.2. The molecular weight excluding hydrogens is 404 g/mol. The average molecular weight is 439 g/mol. The Morgan fingerprint density at radius 3 is 2.50 bits per heavy atom. The van der Waals surface area contributed by atoms with E-state index in [-0.39, 0.29) is 0 Å². The fourth-order valence-corrected chi connectivity index (χ4v) is 4.32. The Bertz CT molecular complexity index is 895. The summed E-state index contributed by atoms with van der Waals surface area (Å²) < 4.78 is 16.6. The predicted octanol–water partition coefficient (Wildman–Crippen LogP) is 3.01. The maximum atomic E-state index is 5.69. The Kier molecular flexibility index (Phi) is 7.72. The number of ether oxygens (including phenoxy) is 3. The molecule has 2 aromatic carbocycles. The van der Waals surface area contributed by atoms with Crippen LogP contribution in [0.4, 0.5) is 0 Å². The van der Waals surface area contributed by atoms with E-state index < -0.39 is 0 Å². The first-order valence-electron chi connectivity index (χ1n) is 11.5. The maximum Gasteiger partial charge on any atom is 0.191 e. The van der Waals surface area contributed by atoms with Crippen molar-refractivity contribution in [3.8, 4) is 17.2 Å². The van der Waals surface area contributed by atoms with Crippen molar-refractivity contribution >= 4 is 5.96 Å². The van der Waals surface area contributed by atoms with Gasteiger partial charge in [0.15, 0.2) is 17.5 Å². The normalized spacial score (nSPS) is 17.1. The highest BCUT2D eigenvalue weighted by Crippen LogP contribution is 2.31. The summed E-state index contributed by atoms with van der Waals surface area (Å²) in [7, 11) is 3.52. The SMILES string of the molecule is CN=C(NCCc1ccc2c(c1)OCCO2)NCC(c1ccc(OC)cc1)N1CCCC1. The van der Waals surface area contributed by atoms with Gasteiger partial charge in [0.1, 0.15) is 19.0 Å². The first-order valence-corrected chi connectivity index (χ1v) is 11.5. The highest BCUT2D eigenvalue weighted by molar-refractivity contribution is 5.79. The molecule has 2 aliphatic heterocycles. The topological polar surface area (TPSA) is 67.4 Å². The summed E-state index contributed by atoms with van der Waals surface area (Å²) in [5.41, 5.74) is 2.51. The maximum absolute atomic E-state index is 5.69. The Balaban J connectivity index is 1.31. The van der Waals surface area contributed by atoms with Crippen molar-refractivity contribution in [2.45, 2.75) is 25.3 Å². The first-order chi connectivity index (χ1) is 15.8. The average Bonchev–Trinajstić information content (AvgIpc) is 3.38. The molecule has 1 unspecified atom stereocenters. The second-order valence-electron chi connectivity index (χ2n) is 8.14. The molecule has 1 saturated heterocycles. The lowest BCUT2D eigenvalue weighted by Gasteiger charge is -2.29. The highest BCUT2D eigenvalue weighted by atomic mass is 16.6. The van der Waals surface area contributed by atoms with Crippen molar-refractivity contribution in [1.29, 1.82) is 0 Å². The van der Waals surface area contributed by atoms with Gasteiger partial charge in [0, 0.05) is 20.1 Å². The fraction of sp³-hybridized carbons (Fsp3) is 0.480. The third kappa shape index (κ3) is 5.65. The minimum absolute atomic E-state index is 0.305. The van der Waals surface area contributed by atoms with Crippen LogP contribution in [0.1, 0.15) is 30.0 Å². The van der Waals surface area contributed by atoms with Gasteiger partial charge in [-0.2, -0.15) is 0 Å². The molecule has 0 saturated carbocycles. The lowest BCUT2D eigenvalue weighted by atomic mass is 10.1. The summed E-state index contributed by atoms with van der Waals surface area (Å²) in [5.74, 6) is 3.37. The van der Waals surface area contributed by atoms with Crippen LogP contribution < -0.4 is 24.8 Å². The smallest absolute Gasteiger partial charge is 0.191 e. The van der Waals surface area contributed by atoms with E-state index >= 15 is 0 Å². The van der Waals surface area contributed by atoms with Crippen molar-refractivity contribution in [3.05, 3.63) is 53.6 Å². The van der Waals surface area contributed by atoms with E-state index in [0.717, 1.165) is 55.8 Å². The van der Waals surface area contributed by atoms with Crippen molar-refractivity contribution in [2.75, 3.05) is 53.6 Å². The second kappa shape index (κ2) is 11.1. The van der Waals surface area contributed by atoms with Crippen molar-refractivity contribution in [2.24, 2.45) is 4.99 Å². The van der Waals surface area contributed by atoms with Gasteiger partial charge in [0.05, 0.1) is 13.2 Å². The molecule has 0 aromatic heterocycles. The van der Waals surface area contributed by atoms with Crippen molar-refractivity contribution in [1.82, 2.24) is 15.5 Å². The van der Waals surface area contributed by atoms with Gasteiger partial charge in [-0.3, -0.25) is 9.89 Å². The zero-order valence-corrected chi connectivity index (χ0v) is 19.1. The van der Waals surface area contributed by atoms with Gasteiger partial charge in [0.2, 0.25) is 0 Å². The zero-order valence-electron chi connectivity index (χ0n) is 19.1. The summed E-state index contributed by atoms with van der Waals surface area (Å²) in [6.07, 6.45) is 3.40. The monoisotopic (exact) mass is 438 g/mol. The highest BCUT2D eigenvalue weighted by Gasteiger charge is 2.23. The molecule has 1 atom stereocenters. The molecule has 2 N–H and O–H groups in total. The number of nitrogens with zero attached hydrogens (tertiary/aromatic N) is 2. The molecule has 0 amide bonds. The number of likely N-dealkylation sites (tertiary alicyclic amines) is 1. The van der Waals surface area contributed by atoms with E-state index in [1.165, 1.54) is 24.0 Å². The Labute approximate surface area is 190 Å². The Morgan fingerprint density at radius 2 is 1.78 bits per heavy atom. The second-order valence-corrected chi connectivity index (χ2v) is 8.14. The molecule has 7 heteroatoms. The van der Waals surface area contributed by atoms with Crippen LogP contribution in [0.3, 0.4) is 0 Å². The van der Waals surface area contributed by atoms with E-state index in [1.54, 1.807) is 7.11 Å². The number of nitrogens with one attached hydrogen (secondary N) is 2. The van der Waals surface area contributed by atoms with Crippen molar-refractivity contribution < 1.29 is 14.2 Å². The van der Waals surface area contributed by atoms with Gasteiger partial charge < -0.3 is 24.8 Å². The molecule has 0 bridgehead atoms. The van der Waals surface area contributed by atoms with Gasteiger partial charge in [-0.15, -0.1) is 0 Å². The van der Waals surface area contributed by atoms with Gasteiger partial charge in [-0.1, -0.05) is 18.2 Å². The Hall–Kier alpha value is -2.93. The van der Waals surface area contributed by atoms with E-state index in [9.17, 15) is 0 Å². The summed E-state index contributed by atoms with van der Waals surface area (Å²) in [6.45, 7) is 5.08. The molecule has 7 nitrogen and oxygen atoms in total. The number of guanidine groups is 1. The molecule has 4 rings (SSSR count). The number of methoxy groups -OCH3 is 1. The molecule has 2 heterocycles. The summed E-state index contributed by atoms with van der Waals surface area (Å²) in [6, 6.07) is 14.9. The standard InChI is InChI=1S/C25H34N4O3/c1-26-25(27-12-11-19-5-10-23-24(17-19)32-16-15-31-23)28-18-22(29-13-3-4-14-29)20-6-8-21(30-2)9-7-20/h5-10,17,22H,3-4,11-16,18H2,1-2H3,(H2,26,27,28). The number of hydrogen-bond donors (Lipinski definition) is 2.